The van der Waals surface area contributed by atoms with Crippen LogP contribution in [0.3, 0.4) is 0 Å². The van der Waals surface area contributed by atoms with Gasteiger partial charge in [0.1, 0.15) is 5.75 Å². The molecule has 0 saturated carbocycles. The van der Waals surface area contributed by atoms with Gasteiger partial charge in [0.05, 0.1) is 33.1 Å². The molecule has 0 aliphatic carbocycles. The van der Waals surface area contributed by atoms with Crippen molar-refractivity contribution >= 4 is 11.9 Å². The van der Waals surface area contributed by atoms with Crippen LogP contribution in [0.2, 0.25) is 0 Å². The summed E-state index contributed by atoms with van der Waals surface area (Å²) in [5.41, 5.74) is 3.94. The summed E-state index contributed by atoms with van der Waals surface area (Å²) in [7, 11) is 2.93. The molecule has 0 aliphatic heterocycles. The van der Waals surface area contributed by atoms with Crippen molar-refractivity contribution < 1.29 is 19.1 Å². The summed E-state index contributed by atoms with van der Waals surface area (Å²) < 4.78 is 9.96. The Hall–Kier alpha value is -3.60. The molecule has 0 saturated heterocycles. The molecule has 0 aliphatic rings. The largest absolute Gasteiger partial charge is 0.497 e. The Kier molecular flexibility index (Phi) is 7.22. The van der Waals surface area contributed by atoms with E-state index in [1.165, 1.54) is 7.11 Å². The number of rotatable bonds is 8. The molecule has 30 heavy (non-hydrogen) atoms. The maximum absolute atomic E-state index is 12.7. The van der Waals surface area contributed by atoms with E-state index < -0.39 is 6.04 Å². The van der Waals surface area contributed by atoms with Crippen LogP contribution in [0.5, 0.6) is 5.75 Å². The minimum Gasteiger partial charge on any atom is -0.497 e. The number of carbonyl (C=O) groups is 2. The maximum Gasteiger partial charge on any atom is 0.307 e. The Labute approximate surface area is 176 Å². The third kappa shape index (κ3) is 5.70. The molecule has 1 N–H and O–H groups in total. The molecule has 154 valence electrons. The van der Waals surface area contributed by atoms with Crippen LogP contribution in [0.15, 0.2) is 78.9 Å². The van der Waals surface area contributed by atoms with Crippen molar-refractivity contribution in [2.24, 2.45) is 0 Å². The first-order valence-corrected chi connectivity index (χ1v) is 9.73. The summed E-state index contributed by atoms with van der Waals surface area (Å²) in [6.45, 7) is 0. The molecule has 5 nitrogen and oxygen atoms in total. The summed E-state index contributed by atoms with van der Waals surface area (Å²) >= 11 is 0. The number of hydrogen-bond donors (Lipinski definition) is 1. The normalized spacial score (nSPS) is 11.4. The van der Waals surface area contributed by atoms with Crippen LogP contribution in [-0.4, -0.2) is 26.1 Å². The fourth-order valence-corrected chi connectivity index (χ4v) is 3.21. The van der Waals surface area contributed by atoms with Crippen molar-refractivity contribution in [1.29, 1.82) is 0 Å². The van der Waals surface area contributed by atoms with E-state index in [4.69, 9.17) is 9.47 Å². The van der Waals surface area contributed by atoms with Gasteiger partial charge in [-0.2, -0.15) is 0 Å². The highest BCUT2D eigenvalue weighted by molar-refractivity contribution is 5.80. The van der Waals surface area contributed by atoms with Crippen molar-refractivity contribution in [1.82, 2.24) is 5.32 Å². The number of benzene rings is 3. The van der Waals surface area contributed by atoms with Crippen LogP contribution in [0.25, 0.3) is 11.1 Å². The summed E-state index contributed by atoms with van der Waals surface area (Å²) in [4.78, 5) is 24.5. The van der Waals surface area contributed by atoms with Crippen LogP contribution in [-0.2, 0) is 20.7 Å². The topological polar surface area (TPSA) is 64.6 Å². The average molecular weight is 403 g/mol. The Morgan fingerprint density at radius 1 is 0.833 bits per heavy atom. The number of amides is 1. The first-order chi connectivity index (χ1) is 14.6. The second-order valence-electron chi connectivity index (χ2n) is 6.91. The van der Waals surface area contributed by atoms with E-state index in [2.05, 4.69) is 5.32 Å². The smallest absolute Gasteiger partial charge is 0.307 e. The third-order valence-corrected chi connectivity index (χ3v) is 4.88. The second-order valence-corrected chi connectivity index (χ2v) is 6.91. The lowest BCUT2D eigenvalue weighted by atomic mass is 10.0. The highest BCUT2D eigenvalue weighted by atomic mass is 16.5. The molecule has 3 aromatic carbocycles. The summed E-state index contributed by atoms with van der Waals surface area (Å²) in [5, 5.41) is 2.95. The van der Waals surface area contributed by atoms with Crippen molar-refractivity contribution in [3.8, 4) is 16.9 Å². The molecule has 3 aromatic rings. The van der Waals surface area contributed by atoms with Crippen molar-refractivity contribution in [2.45, 2.75) is 18.9 Å². The third-order valence-electron chi connectivity index (χ3n) is 4.88. The molecule has 0 bridgehead atoms. The average Bonchev–Trinajstić information content (AvgIpc) is 2.79. The highest BCUT2D eigenvalue weighted by Crippen LogP contribution is 2.22. The molecular weight excluding hydrogens is 378 g/mol. The quantitative estimate of drug-likeness (QED) is 0.569. The van der Waals surface area contributed by atoms with Crippen molar-refractivity contribution in [3.05, 3.63) is 90.0 Å². The number of nitrogens with one attached hydrogen (secondary N) is 1. The lowest BCUT2D eigenvalue weighted by Crippen LogP contribution is -2.31. The summed E-state index contributed by atoms with van der Waals surface area (Å²) in [6, 6.07) is 24.8. The zero-order valence-corrected chi connectivity index (χ0v) is 17.1. The molecule has 0 radical (unpaired) electrons. The maximum atomic E-state index is 12.7. The molecule has 1 amide bonds. The van der Waals surface area contributed by atoms with Crippen molar-refractivity contribution in [3.63, 3.8) is 0 Å². The monoisotopic (exact) mass is 403 g/mol. The van der Waals surface area contributed by atoms with Gasteiger partial charge in [-0.15, -0.1) is 0 Å². The van der Waals surface area contributed by atoms with Gasteiger partial charge in [0.2, 0.25) is 5.91 Å². The van der Waals surface area contributed by atoms with E-state index in [9.17, 15) is 9.59 Å². The van der Waals surface area contributed by atoms with Gasteiger partial charge in [0.15, 0.2) is 0 Å². The number of esters is 1. The van der Waals surface area contributed by atoms with Gasteiger partial charge in [-0.3, -0.25) is 9.59 Å². The molecule has 0 heterocycles. The number of ether oxygens (including phenoxy) is 2. The Balaban J connectivity index is 1.68. The molecule has 0 fully saturated rings. The molecule has 3 rings (SSSR count). The van der Waals surface area contributed by atoms with Gasteiger partial charge in [0.25, 0.3) is 0 Å². The Bertz CT molecular complexity index is 966. The van der Waals surface area contributed by atoms with Gasteiger partial charge in [-0.1, -0.05) is 66.7 Å². The first kappa shape index (κ1) is 21.1. The zero-order valence-electron chi connectivity index (χ0n) is 17.1. The van der Waals surface area contributed by atoms with Gasteiger partial charge < -0.3 is 14.8 Å². The molecule has 1 atom stereocenters. The van der Waals surface area contributed by atoms with Crippen LogP contribution in [0, 0.1) is 0 Å². The van der Waals surface area contributed by atoms with Gasteiger partial charge >= 0.3 is 5.97 Å². The summed E-state index contributed by atoms with van der Waals surface area (Å²) in [6.07, 6.45) is 0.282. The van der Waals surface area contributed by atoms with Crippen LogP contribution in [0.1, 0.15) is 23.6 Å². The minimum atomic E-state index is -0.473. The predicted molar refractivity (Wildman–Crippen MR) is 116 cm³/mol. The van der Waals surface area contributed by atoms with Gasteiger partial charge in [-0.05, 0) is 34.4 Å². The summed E-state index contributed by atoms with van der Waals surface area (Å²) in [5.74, 6) is 0.163. The number of hydrogen-bond acceptors (Lipinski definition) is 4. The molecule has 1 unspecified atom stereocenters. The van der Waals surface area contributed by atoms with Crippen LogP contribution >= 0.6 is 0 Å². The fourth-order valence-electron chi connectivity index (χ4n) is 3.21. The fraction of sp³-hybridized carbons (Fsp3) is 0.200. The molecule has 0 aromatic heterocycles. The standard InChI is InChI=1S/C25H25NO4/c1-29-22-14-12-21(13-15-22)23(17-25(28)30-2)26-24(27)16-18-8-10-20(11-9-18)19-6-4-3-5-7-19/h3-15,23H,16-17H2,1-2H3,(H,26,27). The molecule has 5 heteroatoms. The van der Waals surface area contributed by atoms with Gasteiger partial charge in [-0.25, -0.2) is 0 Å². The van der Waals surface area contributed by atoms with E-state index in [1.807, 2.05) is 66.7 Å². The van der Waals surface area contributed by atoms with Crippen LogP contribution in [0.4, 0.5) is 0 Å². The SMILES string of the molecule is COC(=O)CC(NC(=O)Cc1ccc(-c2ccccc2)cc1)c1ccc(OC)cc1. The lowest BCUT2D eigenvalue weighted by molar-refractivity contribution is -0.141. The van der Waals surface area contributed by atoms with E-state index in [0.717, 1.165) is 22.3 Å². The Morgan fingerprint density at radius 2 is 1.47 bits per heavy atom. The van der Waals surface area contributed by atoms with E-state index >= 15 is 0 Å². The molecular formula is C25H25NO4. The second kappa shape index (κ2) is 10.3. The first-order valence-electron chi connectivity index (χ1n) is 9.73. The number of methoxy groups -OCH3 is 2. The van der Waals surface area contributed by atoms with E-state index in [-0.39, 0.29) is 24.7 Å². The van der Waals surface area contributed by atoms with E-state index in [0.29, 0.717) is 5.75 Å². The van der Waals surface area contributed by atoms with E-state index in [1.54, 1.807) is 19.2 Å². The minimum absolute atomic E-state index is 0.0571. The lowest BCUT2D eigenvalue weighted by Gasteiger charge is -2.19. The number of carbonyl (C=O) groups excluding carboxylic acids is 2. The predicted octanol–water partition coefficient (Wildman–Crippen LogP) is 4.33. The zero-order chi connectivity index (χ0) is 21.3. The molecule has 0 spiro atoms. The van der Waals surface area contributed by atoms with Gasteiger partial charge in [0, 0.05) is 0 Å². The van der Waals surface area contributed by atoms with Crippen molar-refractivity contribution in [2.75, 3.05) is 14.2 Å². The highest BCUT2D eigenvalue weighted by Gasteiger charge is 2.19. The van der Waals surface area contributed by atoms with Crippen LogP contribution < -0.4 is 10.1 Å². The Morgan fingerprint density at radius 3 is 2.07 bits per heavy atom.